The molecule has 0 saturated carbocycles. The van der Waals surface area contributed by atoms with Crippen molar-refractivity contribution >= 4 is 41.8 Å². The minimum Gasteiger partial charge on any atom is -1.00 e. The van der Waals surface area contributed by atoms with E-state index < -0.39 is 0 Å². The van der Waals surface area contributed by atoms with Gasteiger partial charge in [0.2, 0.25) is 0 Å². The summed E-state index contributed by atoms with van der Waals surface area (Å²) in [7, 11) is -0.351. The molecule has 2 aliphatic carbocycles. The summed E-state index contributed by atoms with van der Waals surface area (Å²) in [6.07, 6.45) is 4.94. The summed E-state index contributed by atoms with van der Waals surface area (Å²) in [5.41, 5.74) is 7.30. The molecule has 37 heavy (non-hydrogen) atoms. The molecule has 0 radical (unpaired) electrons. The van der Waals surface area contributed by atoms with E-state index in [-0.39, 0.29) is 58.4 Å². The number of halogens is 2. The zero-order valence-electron chi connectivity index (χ0n) is 20.7. The standard InChI is InChI=1S/C17H15P2.C15H11.2ClH.Ti/c1-18-13-10-12-6-5-8-14(16(12)11-13)15-7-3-4-9-17(15)19(18)2;1-2-6-12(7-3-1)14-10-4-8-13-9-5-11-15(13)14;;;/h3-11H,1-2H3;1-11H;2*1H;/q;;;;+2/p-2. The van der Waals surface area contributed by atoms with Gasteiger partial charge in [0.25, 0.3) is 0 Å². The van der Waals surface area contributed by atoms with Crippen molar-refractivity contribution in [2.45, 2.75) is 8.45 Å². The van der Waals surface area contributed by atoms with Crippen LogP contribution in [0.5, 0.6) is 0 Å². The van der Waals surface area contributed by atoms with Gasteiger partial charge >= 0.3 is 219 Å². The Morgan fingerprint density at radius 2 is 1.35 bits per heavy atom. The van der Waals surface area contributed by atoms with Crippen molar-refractivity contribution in [1.82, 2.24) is 0 Å². The van der Waals surface area contributed by atoms with E-state index in [0.29, 0.717) is 8.45 Å². The van der Waals surface area contributed by atoms with Gasteiger partial charge in [-0.25, -0.2) is 0 Å². The predicted octanol–water partition coefficient (Wildman–Crippen LogP) is 4.09. The minimum absolute atomic E-state index is 0. The van der Waals surface area contributed by atoms with E-state index in [2.05, 4.69) is 123 Å². The number of fused-ring (bicyclic) bond motifs is 4. The van der Waals surface area contributed by atoms with Crippen LogP contribution >= 0.6 is 14.4 Å². The largest absolute Gasteiger partial charge is 1.00 e. The first kappa shape index (κ1) is 26.8. The van der Waals surface area contributed by atoms with E-state index in [1.165, 1.54) is 32.8 Å². The van der Waals surface area contributed by atoms with Crippen LogP contribution in [0.1, 0.15) is 30.4 Å². The Balaban J connectivity index is 0.00000140. The summed E-state index contributed by atoms with van der Waals surface area (Å²) in [5, 5.41) is 7.81. The summed E-state index contributed by atoms with van der Waals surface area (Å²) in [6, 6.07) is 36.8. The molecular weight excluding hydrogens is 565 g/mol. The van der Waals surface area contributed by atoms with Crippen LogP contribution in [-0.4, -0.2) is 0 Å². The van der Waals surface area contributed by atoms with Crippen LogP contribution in [0.25, 0.3) is 38.5 Å². The van der Waals surface area contributed by atoms with E-state index in [1.807, 2.05) is 0 Å². The monoisotopic (exact) mass is 590 g/mol. The maximum absolute atomic E-state index is 2.62. The molecular formula is C32H26Cl2P2Ti. The van der Waals surface area contributed by atoms with Gasteiger partial charge in [-0.2, -0.15) is 0 Å². The third-order valence-electron chi connectivity index (χ3n) is 7.77. The number of allylic oxidation sites excluding steroid dienone is 1. The number of hydrogen-bond acceptors (Lipinski definition) is 0. The van der Waals surface area contributed by atoms with Crippen LogP contribution in [0.15, 0.2) is 103 Å². The Morgan fingerprint density at radius 1 is 0.649 bits per heavy atom. The summed E-state index contributed by atoms with van der Waals surface area (Å²) < 4.78 is 1.23. The number of aryl methyl sites for hydroxylation is 1. The van der Waals surface area contributed by atoms with Crippen molar-refractivity contribution in [3.05, 3.63) is 125 Å². The molecule has 2 aliphatic rings. The van der Waals surface area contributed by atoms with Gasteiger partial charge in [0.1, 0.15) is 0 Å². The molecule has 182 valence electrons. The molecule has 0 aliphatic heterocycles. The molecule has 4 aromatic carbocycles. The molecule has 1 aromatic heterocycles. The normalized spacial score (nSPS) is 17.2. The molecule has 0 N–H and O–H groups in total. The van der Waals surface area contributed by atoms with Crippen LogP contribution in [0, 0.1) is 0 Å². The second-order valence-corrected chi connectivity index (χ2v) is 18.6. The maximum Gasteiger partial charge on any atom is -1.00 e. The van der Waals surface area contributed by atoms with Crippen molar-refractivity contribution in [3.63, 3.8) is 0 Å². The summed E-state index contributed by atoms with van der Waals surface area (Å²) in [4.78, 5) is 0. The van der Waals surface area contributed by atoms with E-state index in [9.17, 15) is 0 Å². The van der Waals surface area contributed by atoms with Crippen LogP contribution in [0.3, 0.4) is 0 Å². The van der Waals surface area contributed by atoms with E-state index in [4.69, 9.17) is 0 Å². The van der Waals surface area contributed by atoms with E-state index in [0.717, 1.165) is 0 Å². The summed E-state index contributed by atoms with van der Waals surface area (Å²) in [6.45, 7) is 5.09. The molecule has 0 nitrogen and oxygen atoms in total. The molecule has 4 atom stereocenters. The van der Waals surface area contributed by atoms with Gasteiger partial charge in [-0.3, -0.25) is 0 Å². The fraction of sp³-hybridized carbons (Fsp3) is 0.125. The topological polar surface area (TPSA) is 0 Å². The Bertz CT molecular complexity index is 1710. The SMILES string of the molecule is Cp1c2cc3c(cccc3c3ccccc3p1C)[CH]2[Ti+2][CH]1C=Cc2c(-c3ccccc3)cccc21.[Cl-].[Cl-]. The molecule has 7 rings (SSSR count). The van der Waals surface area contributed by atoms with Crippen molar-refractivity contribution in [3.8, 4) is 11.1 Å². The van der Waals surface area contributed by atoms with Crippen molar-refractivity contribution < 1.29 is 44.0 Å². The van der Waals surface area contributed by atoms with Crippen LogP contribution in [0.4, 0.5) is 0 Å². The average molecular weight is 591 g/mol. The molecule has 1 heterocycles. The Morgan fingerprint density at radius 3 is 2.19 bits per heavy atom. The van der Waals surface area contributed by atoms with Gasteiger partial charge in [-0.05, 0) is 0 Å². The Kier molecular flexibility index (Phi) is 7.83. The molecule has 0 fully saturated rings. The summed E-state index contributed by atoms with van der Waals surface area (Å²) in [5.74, 6) is 0. The summed E-state index contributed by atoms with van der Waals surface area (Å²) >= 11 is -0.310. The number of rotatable bonds is 3. The fourth-order valence-electron chi connectivity index (χ4n) is 5.93. The quantitative estimate of drug-likeness (QED) is 0.278. The van der Waals surface area contributed by atoms with Gasteiger partial charge in [-0.15, -0.1) is 0 Å². The smallest absolute Gasteiger partial charge is 1.00 e. The van der Waals surface area contributed by atoms with Gasteiger partial charge in [0.15, 0.2) is 0 Å². The van der Waals surface area contributed by atoms with Gasteiger partial charge in [0.05, 0.1) is 0 Å². The van der Waals surface area contributed by atoms with Crippen molar-refractivity contribution in [2.75, 3.05) is 0 Å². The third kappa shape index (κ3) is 4.37. The van der Waals surface area contributed by atoms with E-state index in [1.54, 1.807) is 21.5 Å². The zero-order valence-corrected chi connectivity index (χ0v) is 25.6. The average Bonchev–Trinajstić information content (AvgIpc) is 3.50. The number of benzene rings is 4. The number of hydrogen-bond donors (Lipinski definition) is 0. The molecule has 5 aromatic rings. The van der Waals surface area contributed by atoms with Crippen LogP contribution < -0.4 is 24.8 Å². The molecule has 5 heteroatoms. The second-order valence-electron chi connectivity index (χ2n) is 9.55. The minimum atomic E-state index is -0.310. The maximum atomic E-state index is 2.62. The first-order chi connectivity index (χ1) is 17.2. The molecule has 0 saturated heterocycles. The molecule has 0 spiro atoms. The Hall–Kier alpha value is -1.75. The first-order valence-electron chi connectivity index (χ1n) is 12.2. The van der Waals surface area contributed by atoms with Gasteiger partial charge in [0, 0.05) is 0 Å². The molecule has 4 unspecified atom stereocenters. The van der Waals surface area contributed by atoms with Crippen LogP contribution in [0.2, 0.25) is 0 Å². The zero-order chi connectivity index (χ0) is 23.5. The molecule has 2 bridgehead atoms. The van der Waals surface area contributed by atoms with Gasteiger partial charge in [-0.1, -0.05) is 0 Å². The molecule has 0 amide bonds. The Labute approximate surface area is 242 Å². The van der Waals surface area contributed by atoms with Gasteiger partial charge < -0.3 is 24.8 Å². The van der Waals surface area contributed by atoms with Crippen LogP contribution in [-0.2, 0) is 32.5 Å². The third-order valence-corrected chi connectivity index (χ3v) is 18.1. The van der Waals surface area contributed by atoms with Crippen molar-refractivity contribution in [2.24, 2.45) is 13.3 Å². The first-order valence-corrected chi connectivity index (χ1v) is 18.3. The van der Waals surface area contributed by atoms with E-state index >= 15 is 0 Å². The second kappa shape index (κ2) is 10.8. The fourth-order valence-corrected chi connectivity index (χ4v) is 15.7. The van der Waals surface area contributed by atoms with Crippen molar-refractivity contribution in [1.29, 1.82) is 0 Å². The predicted molar refractivity (Wildman–Crippen MR) is 152 cm³/mol.